The third-order valence-electron chi connectivity index (χ3n) is 6.22. The molecule has 0 unspecified atom stereocenters. The van der Waals surface area contributed by atoms with Crippen LogP contribution in [0.1, 0.15) is 34.3 Å². The van der Waals surface area contributed by atoms with E-state index in [2.05, 4.69) is 10.2 Å². The highest BCUT2D eigenvalue weighted by atomic mass is 32.2. The van der Waals surface area contributed by atoms with Gasteiger partial charge in [-0.15, -0.1) is 0 Å². The fraction of sp³-hybridized carbons (Fsp3) is 0.296. The Morgan fingerprint density at radius 1 is 1.00 bits per heavy atom. The van der Waals surface area contributed by atoms with Crippen LogP contribution in [0, 0.1) is 0 Å². The van der Waals surface area contributed by atoms with Crippen LogP contribution in [0.2, 0.25) is 0 Å². The highest BCUT2D eigenvalue weighted by molar-refractivity contribution is 7.89. The lowest BCUT2D eigenvalue weighted by Crippen LogP contribution is -2.27. The van der Waals surface area contributed by atoms with Crippen LogP contribution in [0.25, 0.3) is 0 Å². The minimum absolute atomic E-state index is 0.0450. The number of nitrogens with one attached hydrogen (secondary N) is 1. The van der Waals surface area contributed by atoms with E-state index in [1.807, 2.05) is 54.6 Å². The molecule has 0 saturated carbocycles. The molecule has 3 aromatic carbocycles. The lowest BCUT2D eigenvalue weighted by atomic mass is 10.1. The molecule has 8 heteroatoms. The monoisotopic (exact) mass is 493 g/mol. The maximum absolute atomic E-state index is 13.4. The summed E-state index contributed by atoms with van der Waals surface area (Å²) in [5, 5.41) is 2.97. The van der Waals surface area contributed by atoms with Crippen LogP contribution in [0.15, 0.2) is 77.7 Å². The number of carbonyl (C=O) groups excluding carboxylic acids is 1. The zero-order valence-corrected chi connectivity index (χ0v) is 20.9. The maximum atomic E-state index is 13.4. The number of anilines is 1. The van der Waals surface area contributed by atoms with Crippen LogP contribution in [-0.4, -0.2) is 50.8 Å². The molecule has 0 spiro atoms. The highest BCUT2D eigenvalue weighted by Gasteiger charge is 2.26. The van der Waals surface area contributed by atoms with Gasteiger partial charge in [-0.05, 0) is 61.3 Å². The summed E-state index contributed by atoms with van der Waals surface area (Å²) in [6.07, 6.45) is 2.38. The Morgan fingerprint density at radius 3 is 2.40 bits per heavy atom. The van der Waals surface area contributed by atoms with Gasteiger partial charge in [-0.1, -0.05) is 48.5 Å². The van der Waals surface area contributed by atoms with Crippen LogP contribution in [-0.2, 0) is 23.1 Å². The average molecular weight is 494 g/mol. The van der Waals surface area contributed by atoms with Crippen molar-refractivity contribution < 1.29 is 17.9 Å². The first kappa shape index (κ1) is 24.9. The third-order valence-corrected chi connectivity index (χ3v) is 8.04. The second kappa shape index (κ2) is 11.0. The van der Waals surface area contributed by atoms with Crippen molar-refractivity contribution in [1.29, 1.82) is 0 Å². The molecule has 35 heavy (non-hydrogen) atoms. The Balaban J connectivity index is 1.57. The first-order chi connectivity index (χ1) is 16.9. The van der Waals surface area contributed by atoms with Gasteiger partial charge in [0.1, 0.15) is 10.6 Å². The summed E-state index contributed by atoms with van der Waals surface area (Å²) >= 11 is 0. The van der Waals surface area contributed by atoms with Crippen molar-refractivity contribution in [3.8, 4) is 5.75 Å². The lowest BCUT2D eigenvalue weighted by Gasteiger charge is -2.20. The smallest absolute Gasteiger partial charge is 0.255 e. The second-order valence-corrected chi connectivity index (χ2v) is 10.7. The summed E-state index contributed by atoms with van der Waals surface area (Å²) in [6.45, 7) is 3.08. The minimum Gasteiger partial charge on any atom is -0.495 e. The number of likely N-dealkylation sites (tertiary alicyclic amines) is 1. The van der Waals surface area contributed by atoms with Crippen molar-refractivity contribution in [3.63, 3.8) is 0 Å². The first-order valence-corrected chi connectivity index (χ1v) is 13.1. The third kappa shape index (κ3) is 5.90. The van der Waals surface area contributed by atoms with Gasteiger partial charge in [-0.25, -0.2) is 8.42 Å². The molecule has 0 atom stereocenters. The average Bonchev–Trinajstić information content (AvgIpc) is 3.38. The molecule has 4 rings (SSSR count). The summed E-state index contributed by atoms with van der Waals surface area (Å²) in [5.74, 6) is -0.181. The lowest BCUT2D eigenvalue weighted by molar-refractivity contribution is 0.102. The molecule has 1 heterocycles. The fourth-order valence-corrected chi connectivity index (χ4v) is 5.61. The van der Waals surface area contributed by atoms with Gasteiger partial charge in [0, 0.05) is 31.4 Å². The zero-order valence-electron chi connectivity index (χ0n) is 20.1. The molecule has 1 aliphatic heterocycles. The number of benzene rings is 3. The number of carbonyl (C=O) groups is 1. The number of para-hydroxylation sites is 1. The largest absolute Gasteiger partial charge is 0.495 e. The topological polar surface area (TPSA) is 79.0 Å². The predicted molar refractivity (Wildman–Crippen MR) is 137 cm³/mol. The van der Waals surface area contributed by atoms with Gasteiger partial charge in [0.2, 0.25) is 10.0 Å². The van der Waals surface area contributed by atoms with E-state index in [0.29, 0.717) is 0 Å². The number of hydrogen-bond acceptors (Lipinski definition) is 5. The van der Waals surface area contributed by atoms with E-state index in [1.165, 1.54) is 43.4 Å². The number of ether oxygens (including phenoxy) is 1. The van der Waals surface area contributed by atoms with E-state index >= 15 is 0 Å². The number of rotatable bonds is 9. The first-order valence-electron chi connectivity index (χ1n) is 11.7. The van der Waals surface area contributed by atoms with E-state index < -0.39 is 10.0 Å². The number of methoxy groups -OCH3 is 1. The Labute approximate surface area is 207 Å². The molecular formula is C27H31N3O4S. The molecule has 1 saturated heterocycles. The Kier molecular flexibility index (Phi) is 7.85. The zero-order chi connectivity index (χ0) is 24.8. The second-order valence-electron chi connectivity index (χ2n) is 8.71. The van der Waals surface area contributed by atoms with Gasteiger partial charge < -0.3 is 10.1 Å². The predicted octanol–water partition coefficient (Wildman–Crippen LogP) is 4.36. The van der Waals surface area contributed by atoms with Crippen molar-refractivity contribution >= 4 is 21.6 Å². The SMILES string of the molecule is COc1ccc(C(=O)Nc2ccccc2CN2CCCC2)cc1S(=O)(=O)N(C)Cc1ccccc1. The van der Waals surface area contributed by atoms with E-state index in [-0.39, 0.29) is 28.7 Å². The van der Waals surface area contributed by atoms with Crippen LogP contribution in [0.3, 0.4) is 0 Å². The Morgan fingerprint density at radius 2 is 1.69 bits per heavy atom. The number of amides is 1. The van der Waals surface area contributed by atoms with E-state index in [4.69, 9.17) is 4.74 Å². The molecule has 0 bridgehead atoms. The van der Waals surface area contributed by atoms with Crippen molar-refractivity contribution in [2.45, 2.75) is 30.8 Å². The van der Waals surface area contributed by atoms with E-state index in [0.717, 1.165) is 36.4 Å². The standard InChI is InChI=1S/C27H31N3O4S/c1-29(19-21-10-4-3-5-11-21)35(32,33)26-18-22(14-15-25(26)34-2)27(31)28-24-13-7-6-12-23(24)20-30-16-8-9-17-30/h3-7,10-15,18H,8-9,16-17,19-20H2,1-2H3,(H,28,31). The maximum Gasteiger partial charge on any atom is 0.255 e. The summed E-state index contributed by atoms with van der Waals surface area (Å²) in [5.41, 5.74) is 2.87. The molecule has 0 aliphatic carbocycles. The van der Waals surface area contributed by atoms with Gasteiger partial charge in [-0.3, -0.25) is 9.69 Å². The number of sulfonamides is 1. The Bertz CT molecular complexity index is 1270. The summed E-state index contributed by atoms with van der Waals surface area (Å²) in [4.78, 5) is 15.5. The molecule has 1 fully saturated rings. The van der Waals surface area contributed by atoms with Gasteiger partial charge in [-0.2, -0.15) is 4.31 Å². The van der Waals surface area contributed by atoms with Crippen molar-refractivity contribution in [3.05, 3.63) is 89.5 Å². The van der Waals surface area contributed by atoms with Gasteiger partial charge in [0.05, 0.1) is 7.11 Å². The summed E-state index contributed by atoms with van der Waals surface area (Å²) in [7, 11) is -0.977. The number of nitrogens with zero attached hydrogens (tertiary/aromatic N) is 2. The molecule has 1 amide bonds. The van der Waals surface area contributed by atoms with Gasteiger partial charge in [0.25, 0.3) is 5.91 Å². The molecular weight excluding hydrogens is 462 g/mol. The summed E-state index contributed by atoms with van der Waals surface area (Å²) in [6, 6.07) is 21.6. The molecule has 0 aromatic heterocycles. The van der Waals surface area contributed by atoms with E-state index in [1.54, 1.807) is 6.07 Å². The Hall–Kier alpha value is -3.20. The normalized spacial score (nSPS) is 14.3. The van der Waals surface area contributed by atoms with E-state index in [9.17, 15) is 13.2 Å². The van der Waals surface area contributed by atoms with Gasteiger partial charge >= 0.3 is 0 Å². The summed E-state index contributed by atoms with van der Waals surface area (Å²) < 4.78 is 33.4. The van der Waals surface area contributed by atoms with Crippen LogP contribution < -0.4 is 10.1 Å². The molecule has 0 radical (unpaired) electrons. The highest BCUT2D eigenvalue weighted by Crippen LogP contribution is 2.29. The molecule has 1 N–H and O–H groups in total. The van der Waals surface area contributed by atoms with Gasteiger partial charge in [0.15, 0.2) is 0 Å². The molecule has 7 nitrogen and oxygen atoms in total. The van der Waals surface area contributed by atoms with Crippen molar-refractivity contribution in [1.82, 2.24) is 9.21 Å². The fourth-order valence-electron chi connectivity index (χ4n) is 4.27. The van der Waals surface area contributed by atoms with Crippen LogP contribution in [0.4, 0.5) is 5.69 Å². The molecule has 1 aliphatic rings. The van der Waals surface area contributed by atoms with Crippen molar-refractivity contribution in [2.24, 2.45) is 0 Å². The quantitative estimate of drug-likeness (QED) is 0.479. The molecule has 3 aromatic rings. The number of hydrogen-bond donors (Lipinski definition) is 1. The van der Waals surface area contributed by atoms with Crippen molar-refractivity contribution in [2.75, 3.05) is 32.6 Å². The molecule has 184 valence electrons. The van der Waals surface area contributed by atoms with Crippen LogP contribution >= 0.6 is 0 Å². The minimum atomic E-state index is -3.91. The van der Waals surface area contributed by atoms with Crippen LogP contribution in [0.5, 0.6) is 5.75 Å².